The van der Waals surface area contributed by atoms with E-state index in [0.29, 0.717) is 17.8 Å². The van der Waals surface area contributed by atoms with Crippen molar-refractivity contribution >= 4 is 33.4 Å². The van der Waals surface area contributed by atoms with Crippen molar-refractivity contribution in [1.29, 1.82) is 0 Å². The van der Waals surface area contributed by atoms with Crippen molar-refractivity contribution in [2.24, 2.45) is 11.7 Å². The number of anilines is 1. The number of hydrogen-bond acceptors (Lipinski definition) is 3. The van der Waals surface area contributed by atoms with Gasteiger partial charge in [-0.15, -0.1) is 0 Å². The molecule has 0 aliphatic heterocycles. The summed E-state index contributed by atoms with van der Waals surface area (Å²) >= 11 is 3.29. The normalized spacial score (nSPS) is 10.5. The van der Waals surface area contributed by atoms with Gasteiger partial charge in [-0.3, -0.25) is 9.59 Å². The number of benzene rings is 1. The summed E-state index contributed by atoms with van der Waals surface area (Å²) in [6.45, 7) is 4.31. The molecule has 1 aromatic carbocycles. The summed E-state index contributed by atoms with van der Waals surface area (Å²) < 4.78 is 0.722. The molecule has 0 bridgehead atoms. The van der Waals surface area contributed by atoms with Gasteiger partial charge in [-0.25, -0.2) is 0 Å². The van der Waals surface area contributed by atoms with E-state index in [1.165, 1.54) is 4.90 Å². The fraction of sp³-hybridized carbons (Fsp3) is 0.385. The predicted octanol–water partition coefficient (Wildman–Crippen LogP) is 1.61. The summed E-state index contributed by atoms with van der Waals surface area (Å²) in [7, 11) is 0. The maximum Gasteiger partial charge on any atom is 0.254 e. The third-order valence-corrected chi connectivity index (χ3v) is 2.84. The molecule has 0 saturated carbocycles. The molecule has 1 rings (SSSR count). The molecule has 19 heavy (non-hydrogen) atoms. The molecular formula is C13H18BrN3O2. The van der Waals surface area contributed by atoms with Crippen molar-refractivity contribution in [1.82, 2.24) is 4.90 Å². The summed E-state index contributed by atoms with van der Waals surface area (Å²) in [5.74, 6) is -0.537. The van der Waals surface area contributed by atoms with Gasteiger partial charge in [0.25, 0.3) is 5.91 Å². The fourth-order valence-corrected chi connectivity index (χ4v) is 2.28. The highest BCUT2D eigenvalue weighted by Crippen LogP contribution is 2.19. The van der Waals surface area contributed by atoms with Gasteiger partial charge in [0.2, 0.25) is 5.91 Å². The van der Waals surface area contributed by atoms with E-state index < -0.39 is 5.91 Å². The van der Waals surface area contributed by atoms with Gasteiger partial charge in [-0.1, -0.05) is 29.8 Å². The zero-order valence-electron chi connectivity index (χ0n) is 11.0. The summed E-state index contributed by atoms with van der Waals surface area (Å²) in [4.78, 5) is 24.9. The topological polar surface area (TPSA) is 89.4 Å². The van der Waals surface area contributed by atoms with Crippen LogP contribution in [0.3, 0.4) is 0 Å². The lowest BCUT2D eigenvalue weighted by molar-refractivity contribution is -0.118. The van der Waals surface area contributed by atoms with Crippen LogP contribution in [0, 0.1) is 5.92 Å². The molecule has 4 N–H and O–H groups in total. The number of rotatable bonds is 5. The van der Waals surface area contributed by atoms with Crippen LogP contribution in [-0.4, -0.2) is 29.8 Å². The van der Waals surface area contributed by atoms with E-state index in [1.807, 2.05) is 13.8 Å². The minimum Gasteiger partial charge on any atom is -0.399 e. The van der Waals surface area contributed by atoms with E-state index in [4.69, 9.17) is 11.5 Å². The second-order valence-corrected chi connectivity index (χ2v) is 5.73. The number of halogens is 1. The first-order chi connectivity index (χ1) is 8.79. The Morgan fingerprint density at radius 2 is 1.95 bits per heavy atom. The average molecular weight is 328 g/mol. The Labute approximate surface area is 121 Å². The third-order valence-electron chi connectivity index (χ3n) is 2.39. The van der Waals surface area contributed by atoms with Crippen LogP contribution >= 0.6 is 15.9 Å². The monoisotopic (exact) mass is 327 g/mol. The van der Waals surface area contributed by atoms with Crippen LogP contribution in [-0.2, 0) is 4.79 Å². The van der Waals surface area contributed by atoms with E-state index in [1.54, 1.807) is 18.2 Å². The smallest absolute Gasteiger partial charge is 0.254 e. The molecule has 0 saturated heterocycles. The lowest BCUT2D eigenvalue weighted by Crippen LogP contribution is -2.40. The standard InChI is InChI=1S/C13H18BrN3O2/c1-8(2)6-17(7-12(16)18)13(19)9-3-10(14)5-11(15)4-9/h3-5,8H,6-7,15H2,1-2H3,(H2,16,18). The molecule has 0 aliphatic rings. The van der Waals surface area contributed by atoms with E-state index >= 15 is 0 Å². The van der Waals surface area contributed by atoms with Crippen LogP contribution < -0.4 is 11.5 Å². The summed E-state index contributed by atoms with van der Waals surface area (Å²) in [5, 5.41) is 0. The zero-order chi connectivity index (χ0) is 14.6. The Morgan fingerprint density at radius 1 is 1.32 bits per heavy atom. The molecule has 0 aromatic heterocycles. The van der Waals surface area contributed by atoms with E-state index in [0.717, 1.165) is 4.47 Å². The van der Waals surface area contributed by atoms with Crippen LogP contribution in [0.2, 0.25) is 0 Å². The summed E-state index contributed by atoms with van der Waals surface area (Å²) in [5.41, 5.74) is 11.8. The highest BCUT2D eigenvalue weighted by Gasteiger charge is 2.19. The highest BCUT2D eigenvalue weighted by atomic mass is 79.9. The molecule has 0 spiro atoms. The number of carbonyl (C=O) groups excluding carboxylic acids is 2. The Balaban J connectivity index is 3.00. The Bertz CT molecular complexity index is 469. The summed E-state index contributed by atoms with van der Waals surface area (Å²) in [6.07, 6.45) is 0. The molecule has 6 heteroatoms. The molecule has 0 fully saturated rings. The van der Waals surface area contributed by atoms with E-state index in [9.17, 15) is 9.59 Å². The van der Waals surface area contributed by atoms with Gasteiger partial charge in [0, 0.05) is 22.3 Å². The van der Waals surface area contributed by atoms with Gasteiger partial charge in [-0.2, -0.15) is 0 Å². The zero-order valence-corrected chi connectivity index (χ0v) is 12.6. The highest BCUT2D eigenvalue weighted by molar-refractivity contribution is 9.10. The Morgan fingerprint density at radius 3 is 2.42 bits per heavy atom. The first kappa shape index (κ1) is 15.5. The molecule has 0 radical (unpaired) electrons. The molecule has 1 aromatic rings. The maximum absolute atomic E-state index is 12.4. The van der Waals surface area contributed by atoms with Gasteiger partial charge in [-0.05, 0) is 24.1 Å². The number of carbonyl (C=O) groups is 2. The Kier molecular flexibility index (Phi) is 5.35. The van der Waals surface area contributed by atoms with Gasteiger partial charge >= 0.3 is 0 Å². The quantitative estimate of drug-likeness (QED) is 0.805. The van der Waals surface area contributed by atoms with Gasteiger partial charge in [0.15, 0.2) is 0 Å². The number of nitrogens with zero attached hydrogens (tertiary/aromatic N) is 1. The van der Waals surface area contributed by atoms with Gasteiger partial charge < -0.3 is 16.4 Å². The van der Waals surface area contributed by atoms with Crippen LogP contribution in [0.15, 0.2) is 22.7 Å². The molecule has 0 atom stereocenters. The molecule has 0 unspecified atom stereocenters. The van der Waals surface area contributed by atoms with E-state index in [-0.39, 0.29) is 18.4 Å². The van der Waals surface area contributed by atoms with Crippen molar-refractivity contribution in [3.05, 3.63) is 28.2 Å². The first-order valence-corrected chi connectivity index (χ1v) is 6.72. The second-order valence-electron chi connectivity index (χ2n) is 4.82. The van der Waals surface area contributed by atoms with Gasteiger partial charge in [0.1, 0.15) is 0 Å². The van der Waals surface area contributed by atoms with Crippen molar-refractivity contribution in [2.75, 3.05) is 18.8 Å². The van der Waals surface area contributed by atoms with Crippen LogP contribution in [0.25, 0.3) is 0 Å². The molecule has 5 nitrogen and oxygen atoms in total. The van der Waals surface area contributed by atoms with Crippen LogP contribution in [0.1, 0.15) is 24.2 Å². The second kappa shape index (κ2) is 6.56. The van der Waals surface area contributed by atoms with E-state index in [2.05, 4.69) is 15.9 Å². The lowest BCUT2D eigenvalue weighted by Gasteiger charge is -2.23. The lowest BCUT2D eigenvalue weighted by atomic mass is 10.1. The number of hydrogen-bond donors (Lipinski definition) is 2. The predicted molar refractivity (Wildman–Crippen MR) is 78.5 cm³/mol. The number of primary amides is 1. The van der Waals surface area contributed by atoms with Crippen molar-refractivity contribution in [3.63, 3.8) is 0 Å². The largest absolute Gasteiger partial charge is 0.399 e. The number of nitrogen functional groups attached to an aromatic ring is 1. The minimum atomic E-state index is -0.531. The molecule has 2 amide bonds. The molecule has 0 aliphatic carbocycles. The average Bonchev–Trinajstić information content (AvgIpc) is 2.24. The van der Waals surface area contributed by atoms with Gasteiger partial charge in [0.05, 0.1) is 6.54 Å². The summed E-state index contributed by atoms with van der Waals surface area (Å²) in [6, 6.07) is 4.96. The van der Waals surface area contributed by atoms with Crippen LogP contribution in [0.4, 0.5) is 5.69 Å². The van der Waals surface area contributed by atoms with Crippen molar-refractivity contribution in [3.8, 4) is 0 Å². The minimum absolute atomic E-state index is 0.0938. The van der Waals surface area contributed by atoms with Crippen molar-refractivity contribution in [2.45, 2.75) is 13.8 Å². The Hall–Kier alpha value is -1.56. The number of amides is 2. The third kappa shape index (κ3) is 4.90. The number of nitrogens with two attached hydrogens (primary N) is 2. The molecule has 0 heterocycles. The first-order valence-electron chi connectivity index (χ1n) is 5.93. The molecule has 104 valence electrons. The van der Waals surface area contributed by atoms with Crippen LogP contribution in [0.5, 0.6) is 0 Å². The fourth-order valence-electron chi connectivity index (χ4n) is 1.77. The van der Waals surface area contributed by atoms with Crippen molar-refractivity contribution < 1.29 is 9.59 Å². The maximum atomic E-state index is 12.4. The molecular weight excluding hydrogens is 310 g/mol. The SMILES string of the molecule is CC(C)CN(CC(N)=O)C(=O)c1cc(N)cc(Br)c1.